The number of nitrogens with zero attached hydrogens (tertiary/aromatic N) is 4. The summed E-state index contributed by atoms with van der Waals surface area (Å²) in [5.74, 6) is 0.723. The van der Waals surface area contributed by atoms with E-state index < -0.39 is 16.6 Å². The van der Waals surface area contributed by atoms with Gasteiger partial charge in [0.25, 0.3) is 5.69 Å². The Labute approximate surface area is 293 Å². The molecule has 51 heavy (non-hydrogen) atoms. The number of aromatic amines is 1. The average Bonchev–Trinajstić information content (AvgIpc) is 3.82. The molecule has 0 spiro atoms. The van der Waals surface area contributed by atoms with Crippen molar-refractivity contribution < 1.29 is 23.3 Å². The van der Waals surface area contributed by atoms with Crippen LogP contribution in [0.5, 0.6) is 0 Å². The molecule has 0 aliphatic heterocycles. The molecular weight excluding hydrogens is 650 g/mol. The van der Waals surface area contributed by atoms with Gasteiger partial charge in [0.05, 0.1) is 10.4 Å². The van der Waals surface area contributed by atoms with Crippen LogP contribution in [0.1, 0.15) is 41.2 Å². The van der Waals surface area contributed by atoms with Gasteiger partial charge in [-0.25, -0.2) is 19.3 Å². The SMILES string of the molecule is C.C.Cc1ccc2c(c1)cc(-c1nc3cc([N+](=O)[O-])ccc3o1)n2C(=O)OC(C)(C)C.Nc1ccc2[nH]c(-c3nc4cc(N)ccc4o3)cc2c1. The summed E-state index contributed by atoms with van der Waals surface area (Å²) in [7, 11) is 0. The van der Waals surface area contributed by atoms with Gasteiger partial charge >= 0.3 is 6.09 Å². The molecule has 0 aliphatic carbocycles. The molecule has 4 aromatic heterocycles. The lowest BCUT2D eigenvalue weighted by Crippen LogP contribution is -2.27. The third-order valence-electron chi connectivity index (χ3n) is 7.62. The first-order valence-electron chi connectivity index (χ1n) is 15.3. The number of hydrogen-bond acceptors (Lipinski definition) is 10. The molecule has 0 saturated heterocycles. The van der Waals surface area contributed by atoms with E-state index in [-0.39, 0.29) is 26.4 Å². The summed E-state index contributed by atoms with van der Waals surface area (Å²) in [5.41, 5.74) is 18.3. The predicted octanol–water partition coefficient (Wildman–Crippen LogP) is 9.86. The van der Waals surface area contributed by atoms with Crippen molar-refractivity contribution in [3.05, 3.63) is 101 Å². The number of anilines is 2. The van der Waals surface area contributed by atoms with Gasteiger partial charge in [-0.1, -0.05) is 26.5 Å². The lowest BCUT2D eigenvalue weighted by Gasteiger charge is -2.20. The molecule has 0 saturated carbocycles. The lowest BCUT2D eigenvalue weighted by molar-refractivity contribution is -0.384. The summed E-state index contributed by atoms with van der Waals surface area (Å²) in [5, 5.41) is 12.9. The molecule has 13 nitrogen and oxygen atoms in total. The van der Waals surface area contributed by atoms with Gasteiger partial charge in [-0.2, -0.15) is 0 Å². The van der Waals surface area contributed by atoms with Gasteiger partial charge in [0.1, 0.15) is 28.0 Å². The number of oxazole rings is 2. The lowest BCUT2D eigenvalue weighted by atomic mass is 10.2. The number of H-pyrrole nitrogens is 1. The molecule has 8 aromatic rings. The molecule has 5 N–H and O–H groups in total. The molecule has 0 atom stereocenters. The monoisotopic (exact) mass is 689 g/mol. The zero-order chi connectivity index (χ0) is 34.6. The Morgan fingerprint density at radius 2 is 1.47 bits per heavy atom. The van der Waals surface area contributed by atoms with Gasteiger partial charge in [-0.15, -0.1) is 0 Å². The summed E-state index contributed by atoms with van der Waals surface area (Å²) >= 11 is 0. The fraction of sp³-hybridized carbons (Fsp3) is 0.184. The van der Waals surface area contributed by atoms with Gasteiger partial charge in [-0.3, -0.25) is 10.1 Å². The Kier molecular flexibility index (Phi) is 9.34. The van der Waals surface area contributed by atoms with Crippen LogP contribution < -0.4 is 11.5 Å². The number of nitrogen functional groups attached to an aromatic ring is 2. The Hall–Kier alpha value is -6.63. The largest absolute Gasteiger partial charge is 0.443 e. The van der Waals surface area contributed by atoms with E-state index in [1.165, 1.54) is 22.8 Å². The molecular formula is C38H39N7O6. The van der Waals surface area contributed by atoms with Crippen molar-refractivity contribution >= 4 is 67.2 Å². The summed E-state index contributed by atoms with van der Waals surface area (Å²) in [6, 6.07) is 24.8. The molecule has 4 heterocycles. The normalized spacial score (nSPS) is 11.2. The number of fused-ring (bicyclic) bond motifs is 4. The number of ether oxygens (including phenoxy) is 1. The number of aryl methyl sites for hydroxylation is 1. The number of nitro groups is 1. The number of aromatic nitrogens is 4. The van der Waals surface area contributed by atoms with Crippen LogP contribution in [0.3, 0.4) is 0 Å². The highest BCUT2D eigenvalue weighted by atomic mass is 16.6. The van der Waals surface area contributed by atoms with Gasteiger partial charge in [0.15, 0.2) is 11.2 Å². The van der Waals surface area contributed by atoms with E-state index in [9.17, 15) is 14.9 Å². The maximum absolute atomic E-state index is 13.0. The zero-order valence-corrected chi connectivity index (χ0v) is 27.0. The zero-order valence-electron chi connectivity index (χ0n) is 27.0. The number of carbonyl (C=O) groups excluding carboxylic acids is 1. The highest BCUT2D eigenvalue weighted by Gasteiger charge is 2.25. The predicted molar refractivity (Wildman–Crippen MR) is 202 cm³/mol. The van der Waals surface area contributed by atoms with Crippen LogP contribution in [0, 0.1) is 17.0 Å². The number of benzene rings is 4. The quantitative estimate of drug-likeness (QED) is 0.0912. The average molecular weight is 690 g/mol. The second kappa shape index (κ2) is 13.3. The van der Waals surface area contributed by atoms with Crippen molar-refractivity contribution in [1.82, 2.24) is 19.5 Å². The van der Waals surface area contributed by atoms with E-state index >= 15 is 0 Å². The third kappa shape index (κ3) is 7.08. The molecule has 0 bridgehead atoms. The second-order valence-electron chi connectivity index (χ2n) is 12.6. The van der Waals surface area contributed by atoms with Crippen molar-refractivity contribution in [3.8, 4) is 23.2 Å². The number of nitrogens with one attached hydrogen (secondary N) is 1. The van der Waals surface area contributed by atoms with Crippen LogP contribution in [0.25, 0.3) is 67.2 Å². The van der Waals surface area contributed by atoms with Crippen LogP contribution in [-0.2, 0) is 4.74 Å². The van der Waals surface area contributed by atoms with Crippen molar-refractivity contribution in [2.24, 2.45) is 0 Å². The molecule has 262 valence electrons. The Bertz CT molecular complexity index is 2490. The van der Waals surface area contributed by atoms with Gasteiger partial charge in [0.2, 0.25) is 11.8 Å². The number of nitro benzene ring substituents is 1. The van der Waals surface area contributed by atoms with E-state index in [4.69, 9.17) is 25.0 Å². The number of non-ortho nitro benzene ring substituents is 1. The molecule has 0 fully saturated rings. The standard InChI is InChI=1S/C21H19N3O5.C15H12N4O.2CH4/c1-12-5-7-16-13(9-12)10-17(23(16)20(25)29-21(2,3)4)19-22-15-11-14(24(26)27)6-8-18(15)28-19;16-9-1-3-11-8(5-9)6-13(18-11)15-19-12-7-10(17)2-4-14(12)20-15;;/h5-11H,1-4H3;1-7,18H,16-17H2;2*1H4. The van der Waals surface area contributed by atoms with E-state index in [1.807, 2.05) is 55.5 Å². The minimum atomic E-state index is -0.683. The molecule has 4 aromatic carbocycles. The van der Waals surface area contributed by atoms with Crippen molar-refractivity contribution in [3.63, 3.8) is 0 Å². The molecule has 8 rings (SSSR count). The van der Waals surface area contributed by atoms with Crippen LogP contribution in [0.15, 0.2) is 93.8 Å². The van der Waals surface area contributed by atoms with Crippen LogP contribution in [0.4, 0.5) is 21.9 Å². The van der Waals surface area contributed by atoms with E-state index in [0.717, 1.165) is 38.8 Å². The summed E-state index contributed by atoms with van der Waals surface area (Å²) in [6.45, 7) is 7.33. The molecule has 13 heteroatoms. The summed E-state index contributed by atoms with van der Waals surface area (Å²) < 4.78 is 18.5. The maximum Gasteiger partial charge on any atom is 0.419 e. The Morgan fingerprint density at radius 1 is 0.824 bits per heavy atom. The third-order valence-corrected chi connectivity index (χ3v) is 7.62. The van der Waals surface area contributed by atoms with E-state index in [0.29, 0.717) is 39.5 Å². The Balaban J connectivity index is 0.000000201. The van der Waals surface area contributed by atoms with Crippen molar-refractivity contribution in [1.29, 1.82) is 0 Å². The minimum Gasteiger partial charge on any atom is -0.443 e. The van der Waals surface area contributed by atoms with Gasteiger partial charge in [0, 0.05) is 39.8 Å². The maximum atomic E-state index is 13.0. The van der Waals surface area contributed by atoms with E-state index in [2.05, 4.69) is 15.0 Å². The fourth-order valence-corrected chi connectivity index (χ4v) is 5.46. The van der Waals surface area contributed by atoms with Crippen molar-refractivity contribution in [2.45, 2.75) is 48.1 Å². The van der Waals surface area contributed by atoms with Crippen molar-refractivity contribution in [2.75, 3.05) is 11.5 Å². The first kappa shape index (κ1) is 35.7. The van der Waals surface area contributed by atoms with Crippen LogP contribution in [-0.4, -0.2) is 36.1 Å². The summed E-state index contributed by atoms with van der Waals surface area (Å²) in [4.78, 5) is 35.6. The number of rotatable bonds is 3. The smallest absolute Gasteiger partial charge is 0.419 e. The number of carbonyl (C=O) groups is 1. The first-order valence-corrected chi connectivity index (χ1v) is 15.3. The minimum absolute atomic E-state index is 0. The van der Waals surface area contributed by atoms with Crippen LogP contribution >= 0.6 is 0 Å². The Morgan fingerprint density at radius 3 is 2.20 bits per heavy atom. The first-order chi connectivity index (χ1) is 23.3. The number of nitrogens with two attached hydrogens (primary N) is 2. The molecule has 0 radical (unpaired) electrons. The highest BCUT2D eigenvalue weighted by Crippen LogP contribution is 2.33. The highest BCUT2D eigenvalue weighted by molar-refractivity contribution is 5.96. The fourth-order valence-electron chi connectivity index (χ4n) is 5.46. The van der Waals surface area contributed by atoms with Gasteiger partial charge in [-0.05, 0) is 94.4 Å². The molecule has 0 unspecified atom stereocenters. The topological polar surface area (TPSA) is 194 Å². The van der Waals surface area contributed by atoms with Crippen LogP contribution in [0.2, 0.25) is 0 Å². The second-order valence-corrected chi connectivity index (χ2v) is 12.6. The molecule has 0 amide bonds. The number of hydrogen-bond donors (Lipinski definition) is 3. The van der Waals surface area contributed by atoms with Gasteiger partial charge < -0.3 is 30.0 Å². The van der Waals surface area contributed by atoms with E-state index in [1.54, 1.807) is 39.0 Å². The summed E-state index contributed by atoms with van der Waals surface area (Å²) in [6.07, 6.45) is -0.556. The molecule has 0 aliphatic rings.